The van der Waals surface area contributed by atoms with Crippen molar-refractivity contribution in [2.24, 2.45) is 4.99 Å². The molecule has 2 heterocycles. The van der Waals surface area contributed by atoms with Crippen molar-refractivity contribution in [1.82, 2.24) is 14.7 Å². The Hall–Kier alpha value is -3.06. The van der Waals surface area contributed by atoms with Gasteiger partial charge in [-0.2, -0.15) is 0 Å². The summed E-state index contributed by atoms with van der Waals surface area (Å²) in [6, 6.07) is 21.7. The summed E-state index contributed by atoms with van der Waals surface area (Å²) in [6.07, 6.45) is 0. The van der Waals surface area contributed by atoms with E-state index in [9.17, 15) is 4.79 Å². The van der Waals surface area contributed by atoms with Gasteiger partial charge in [0, 0.05) is 36.2 Å². The quantitative estimate of drug-likeness (QED) is 0.291. The van der Waals surface area contributed by atoms with Crippen LogP contribution in [0.25, 0.3) is 0 Å². The molecule has 0 radical (unpaired) electrons. The Morgan fingerprint density at radius 3 is 1.98 bits per heavy atom. The average molecular weight is 622 g/mol. The number of halogens is 2. The molecule has 1 unspecified atom stereocenters. The Balaban J connectivity index is 1.79. The van der Waals surface area contributed by atoms with Gasteiger partial charge in [-0.15, -0.1) is 0 Å². The van der Waals surface area contributed by atoms with E-state index in [0.29, 0.717) is 41.3 Å². The number of rotatable bonds is 5. The summed E-state index contributed by atoms with van der Waals surface area (Å²) >= 11 is 12.7. The molecule has 6 nitrogen and oxygen atoms in total. The molecule has 2 amide bonds. The number of urea groups is 1. The molecule has 43 heavy (non-hydrogen) atoms. The van der Waals surface area contributed by atoms with Crippen LogP contribution in [0.3, 0.4) is 0 Å². The Bertz CT molecular complexity index is 1510. The van der Waals surface area contributed by atoms with Crippen molar-refractivity contribution in [3.05, 3.63) is 99.0 Å². The van der Waals surface area contributed by atoms with E-state index in [1.807, 2.05) is 65.3 Å². The highest BCUT2D eigenvalue weighted by Crippen LogP contribution is 2.54. The maximum absolute atomic E-state index is 14.9. The van der Waals surface area contributed by atoms with E-state index in [2.05, 4.69) is 64.8 Å². The van der Waals surface area contributed by atoms with E-state index in [1.165, 1.54) is 0 Å². The Morgan fingerprint density at radius 2 is 1.44 bits per heavy atom. The van der Waals surface area contributed by atoms with Crippen molar-refractivity contribution in [3.8, 4) is 5.75 Å². The lowest BCUT2D eigenvalue weighted by Crippen LogP contribution is -2.60. The second kappa shape index (κ2) is 11.8. The minimum Gasteiger partial charge on any atom is -0.493 e. The fraction of sp³-hybridized carbons (Fsp3) is 0.429. The summed E-state index contributed by atoms with van der Waals surface area (Å²) in [7, 11) is 2.09. The first-order chi connectivity index (χ1) is 20.3. The van der Waals surface area contributed by atoms with Gasteiger partial charge in [-0.3, -0.25) is 9.89 Å². The third-order valence-corrected chi connectivity index (χ3v) is 9.61. The topological polar surface area (TPSA) is 48.4 Å². The standard InChI is InChI=1S/C35H42Cl2N4O2/c1-8-43-30-23-26(33(2,3)4)13-18-29(30)31-38-34(5,24-9-14-27(36)15-10-24)35(6,25-11-16-28(37)17-12-25)41(31)32(42)40-21-19-39(7)20-22-40/h9-18,23H,8,19-22H2,1-7H3/t34-,35?/m0/s1. The largest absolute Gasteiger partial charge is 0.493 e. The number of ether oxygens (including phenoxy) is 1. The van der Waals surface area contributed by atoms with E-state index in [0.717, 1.165) is 35.3 Å². The predicted molar refractivity (Wildman–Crippen MR) is 177 cm³/mol. The van der Waals surface area contributed by atoms with Gasteiger partial charge >= 0.3 is 6.03 Å². The number of carbonyl (C=O) groups is 1. The molecule has 0 aromatic heterocycles. The lowest BCUT2D eigenvalue weighted by atomic mass is 9.71. The summed E-state index contributed by atoms with van der Waals surface area (Å²) in [5, 5.41) is 1.28. The maximum atomic E-state index is 14.9. The van der Waals surface area contributed by atoms with Crippen LogP contribution in [0, 0.1) is 0 Å². The van der Waals surface area contributed by atoms with Gasteiger partial charge in [-0.1, -0.05) is 74.3 Å². The number of amides is 2. The Kier molecular flexibility index (Phi) is 8.60. The molecule has 2 atom stereocenters. The van der Waals surface area contributed by atoms with Crippen molar-refractivity contribution in [3.63, 3.8) is 0 Å². The van der Waals surface area contributed by atoms with Crippen molar-refractivity contribution >= 4 is 35.1 Å². The van der Waals surface area contributed by atoms with E-state index < -0.39 is 11.1 Å². The highest BCUT2D eigenvalue weighted by Gasteiger charge is 2.60. The van der Waals surface area contributed by atoms with Gasteiger partial charge in [0.1, 0.15) is 22.7 Å². The number of hydrogen-bond acceptors (Lipinski definition) is 4. The number of amidine groups is 1. The van der Waals surface area contributed by atoms with Crippen LogP contribution in [0.4, 0.5) is 4.79 Å². The Morgan fingerprint density at radius 1 is 0.884 bits per heavy atom. The fourth-order valence-corrected chi connectivity index (χ4v) is 6.41. The van der Waals surface area contributed by atoms with Crippen molar-refractivity contribution in [1.29, 1.82) is 0 Å². The minimum atomic E-state index is -0.923. The monoisotopic (exact) mass is 620 g/mol. The molecule has 2 aliphatic heterocycles. The van der Waals surface area contributed by atoms with E-state index in [1.54, 1.807) is 0 Å². The molecule has 8 heteroatoms. The first-order valence-electron chi connectivity index (χ1n) is 15.0. The third-order valence-electron chi connectivity index (χ3n) is 9.10. The zero-order valence-electron chi connectivity index (χ0n) is 26.2. The molecule has 1 fully saturated rings. The number of benzene rings is 3. The molecule has 0 saturated carbocycles. The summed E-state index contributed by atoms with van der Waals surface area (Å²) in [6.45, 7) is 16.1. The summed E-state index contributed by atoms with van der Waals surface area (Å²) < 4.78 is 6.28. The maximum Gasteiger partial charge on any atom is 0.326 e. The summed E-state index contributed by atoms with van der Waals surface area (Å²) in [4.78, 5) is 26.5. The molecular formula is C35H42Cl2N4O2. The number of nitrogens with zero attached hydrogens (tertiary/aromatic N) is 4. The van der Waals surface area contributed by atoms with Gasteiger partial charge in [0.05, 0.1) is 12.2 Å². The number of hydrogen-bond donors (Lipinski definition) is 0. The first-order valence-corrected chi connectivity index (χ1v) is 15.7. The zero-order chi connectivity index (χ0) is 31.2. The van der Waals surface area contributed by atoms with Crippen LogP contribution in [0.2, 0.25) is 10.0 Å². The smallest absolute Gasteiger partial charge is 0.326 e. The van der Waals surface area contributed by atoms with Crippen LogP contribution in [-0.2, 0) is 16.5 Å². The van der Waals surface area contributed by atoms with Crippen LogP contribution in [0.5, 0.6) is 5.75 Å². The van der Waals surface area contributed by atoms with Crippen LogP contribution < -0.4 is 4.74 Å². The van der Waals surface area contributed by atoms with E-state index in [-0.39, 0.29) is 11.4 Å². The number of piperazine rings is 1. The molecule has 0 aliphatic carbocycles. The zero-order valence-corrected chi connectivity index (χ0v) is 27.8. The van der Waals surface area contributed by atoms with Gasteiger partial charge < -0.3 is 14.5 Å². The molecule has 0 spiro atoms. The predicted octanol–water partition coefficient (Wildman–Crippen LogP) is 7.95. The van der Waals surface area contributed by atoms with Crippen LogP contribution in [0.15, 0.2) is 71.7 Å². The van der Waals surface area contributed by atoms with E-state index in [4.69, 9.17) is 32.9 Å². The molecule has 0 N–H and O–H groups in total. The van der Waals surface area contributed by atoms with Crippen molar-refractivity contribution in [2.75, 3.05) is 39.8 Å². The minimum absolute atomic E-state index is 0.0765. The molecule has 1 saturated heterocycles. The normalized spacial score (nSPS) is 23.0. The van der Waals surface area contributed by atoms with Crippen molar-refractivity contribution < 1.29 is 9.53 Å². The van der Waals surface area contributed by atoms with Gasteiger partial charge in [0.2, 0.25) is 0 Å². The molecule has 0 bridgehead atoms. The number of aliphatic imine (C=N–C) groups is 1. The summed E-state index contributed by atoms with van der Waals surface area (Å²) in [5.74, 6) is 1.30. The van der Waals surface area contributed by atoms with Gasteiger partial charge in [0.15, 0.2) is 0 Å². The van der Waals surface area contributed by atoms with Crippen LogP contribution in [-0.4, -0.2) is 66.4 Å². The molecule has 5 rings (SSSR count). The van der Waals surface area contributed by atoms with Gasteiger partial charge in [-0.05, 0) is 86.3 Å². The van der Waals surface area contributed by atoms with Gasteiger partial charge in [-0.25, -0.2) is 4.79 Å². The van der Waals surface area contributed by atoms with Crippen molar-refractivity contribution in [2.45, 2.75) is 58.0 Å². The summed E-state index contributed by atoms with van der Waals surface area (Å²) in [5.41, 5.74) is 1.94. The lowest BCUT2D eigenvalue weighted by Gasteiger charge is -2.47. The van der Waals surface area contributed by atoms with Crippen LogP contribution >= 0.6 is 23.2 Å². The van der Waals surface area contributed by atoms with Crippen LogP contribution in [0.1, 0.15) is 63.8 Å². The molecule has 228 valence electrons. The Labute approximate surface area is 266 Å². The molecular weight excluding hydrogens is 579 g/mol. The second-order valence-electron chi connectivity index (χ2n) is 12.9. The highest BCUT2D eigenvalue weighted by molar-refractivity contribution is 6.30. The fourth-order valence-electron chi connectivity index (χ4n) is 6.15. The molecule has 3 aromatic rings. The van der Waals surface area contributed by atoms with Gasteiger partial charge in [0.25, 0.3) is 0 Å². The number of carbonyl (C=O) groups excluding carboxylic acids is 1. The average Bonchev–Trinajstić information content (AvgIpc) is 3.21. The molecule has 2 aliphatic rings. The van der Waals surface area contributed by atoms with E-state index >= 15 is 0 Å². The molecule has 3 aromatic carbocycles. The lowest BCUT2D eigenvalue weighted by molar-refractivity contribution is 0.0917. The second-order valence-corrected chi connectivity index (χ2v) is 13.8. The highest BCUT2D eigenvalue weighted by atomic mass is 35.5. The SMILES string of the molecule is CCOc1cc(C(C)(C)C)ccc1C1=N[C@@](C)(c2ccc(Cl)cc2)C(C)(c2ccc(Cl)cc2)N1C(=O)N1CCN(C)CC1. The third kappa shape index (κ3) is 5.65. The first kappa shape index (κ1) is 31.4. The number of likely N-dealkylation sites (N-methyl/N-ethyl adjacent to an activating group) is 1.